The van der Waals surface area contributed by atoms with Crippen molar-refractivity contribution in [2.24, 2.45) is 0 Å². The molecule has 0 bridgehead atoms. The van der Waals surface area contributed by atoms with Gasteiger partial charge in [-0.2, -0.15) is 0 Å². The van der Waals surface area contributed by atoms with E-state index in [4.69, 9.17) is 4.98 Å². The maximum Gasteiger partial charge on any atom is 0.237 e. The van der Waals surface area contributed by atoms with Crippen LogP contribution in [0, 0.1) is 0 Å². The molecule has 1 fully saturated rings. The van der Waals surface area contributed by atoms with Gasteiger partial charge in [-0.1, -0.05) is 42.5 Å². The van der Waals surface area contributed by atoms with Gasteiger partial charge in [0.25, 0.3) is 0 Å². The minimum Gasteiger partial charge on any atom is -0.351 e. The predicted molar refractivity (Wildman–Crippen MR) is 111 cm³/mol. The number of likely N-dealkylation sites (tertiary alicyclic amines) is 1. The Kier molecular flexibility index (Phi) is 5.50. The van der Waals surface area contributed by atoms with E-state index < -0.39 is 0 Å². The monoisotopic (exact) mass is 379 g/mol. The van der Waals surface area contributed by atoms with Crippen LogP contribution >= 0.6 is 11.3 Å². The Bertz CT molecular complexity index is 867. The number of thiazole rings is 1. The molecule has 1 aliphatic heterocycles. The average Bonchev–Trinajstić information content (AvgIpc) is 3.16. The first-order valence-corrected chi connectivity index (χ1v) is 10.4. The van der Waals surface area contributed by atoms with E-state index >= 15 is 0 Å². The number of nitrogens with zero attached hydrogens (tertiary/aromatic N) is 2. The molecule has 1 amide bonds. The maximum atomic E-state index is 12.5. The highest BCUT2D eigenvalue weighted by atomic mass is 32.1. The number of nitrogens with one attached hydrogen (secondary N) is 1. The third kappa shape index (κ3) is 4.20. The lowest BCUT2D eigenvalue weighted by atomic mass is 9.96. The second-order valence-corrected chi connectivity index (χ2v) is 8.27. The number of hydrogen-bond donors (Lipinski definition) is 1. The maximum absolute atomic E-state index is 12.5. The highest BCUT2D eigenvalue weighted by Gasteiger charge is 2.28. The Labute approximate surface area is 164 Å². The largest absolute Gasteiger partial charge is 0.351 e. The Hall–Kier alpha value is -2.24. The molecule has 1 atom stereocenters. The van der Waals surface area contributed by atoms with Gasteiger partial charge in [-0.3, -0.25) is 9.69 Å². The van der Waals surface area contributed by atoms with Crippen LogP contribution in [0.2, 0.25) is 0 Å². The van der Waals surface area contributed by atoms with E-state index in [-0.39, 0.29) is 11.9 Å². The van der Waals surface area contributed by atoms with Gasteiger partial charge in [0.05, 0.1) is 21.3 Å². The molecule has 2 aromatic carbocycles. The summed E-state index contributed by atoms with van der Waals surface area (Å²) in [5.41, 5.74) is 2.24. The van der Waals surface area contributed by atoms with Crippen molar-refractivity contribution >= 4 is 27.5 Å². The Morgan fingerprint density at radius 2 is 1.85 bits per heavy atom. The van der Waals surface area contributed by atoms with Gasteiger partial charge in [-0.15, -0.1) is 11.3 Å². The molecule has 1 unspecified atom stereocenters. The fraction of sp³-hybridized carbons (Fsp3) is 0.364. The highest BCUT2D eigenvalue weighted by Crippen LogP contribution is 2.34. The number of rotatable bonds is 5. The SMILES string of the molecule is CC(C(=O)NCc1ccccc1)N1CCC(c2nc3ccccc3s2)CC1. The summed E-state index contributed by atoms with van der Waals surface area (Å²) in [6, 6.07) is 18.3. The van der Waals surface area contributed by atoms with Crippen LogP contribution in [-0.4, -0.2) is 34.9 Å². The number of fused-ring (bicyclic) bond motifs is 1. The Balaban J connectivity index is 1.30. The molecule has 4 nitrogen and oxygen atoms in total. The third-order valence-corrected chi connectivity index (χ3v) is 6.62. The standard InChI is InChI=1S/C22H25N3OS/c1-16(21(26)23-15-17-7-3-2-4-8-17)25-13-11-18(12-14-25)22-24-19-9-5-6-10-20(19)27-22/h2-10,16,18H,11-15H2,1H3,(H,23,26). The smallest absolute Gasteiger partial charge is 0.237 e. The van der Waals surface area contributed by atoms with Gasteiger partial charge in [-0.25, -0.2) is 4.98 Å². The van der Waals surface area contributed by atoms with E-state index in [0.717, 1.165) is 37.0 Å². The van der Waals surface area contributed by atoms with Gasteiger partial charge in [0, 0.05) is 12.5 Å². The molecule has 1 aromatic heterocycles. The van der Waals surface area contributed by atoms with Crippen molar-refractivity contribution in [3.63, 3.8) is 0 Å². The third-order valence-electron chi connectivity index (χ3n) is 5.43. The first-order valence-electron chi connectivity index (χ1n) is 9.62. The molecule has 0 aliphatic carbocycles. The summed E-state index contributed by atoms with van der Waals surface area (Å²) in [5, 5.41) is 4.31. The summed E-state index contributed by atoms with van der Waals surface area (Å²) in [6.45, 7) is 4.49. The first kappa shape index (κ1) is 18.1. The lowest BCUT2D eigenvalue weighted by Crippen LogP contribution is -2.47. The summed E-state index contributed by atoms with van der Waals surface area (Å²) in [6.07, 6.45) is 2.13. The molecule has 3 aromatic rings. The minimum absolute atomic E-state index is 0.0926. The van der Waals surface area contributed by atoms with Crippen molar-refractivity contribution in [1.29, 1.82) is 0 Å². The minimum atomic E-state index is -0.0926. The van der Waals surface area contributed by atoms with Crippen LogP contribution in [0.25, 0.3) is 10.2 Å². The number of amides is 1. The predicted octanol–water partition coefficient (Wildman–Crippen LogP) is 4.18. The van der Waals surface area contributed by atoms with Crippen LogP contribution in [0.4, 0.5) is 0 Å². The van der Waals surface area contributed by atoms with Crippen LogP contribution in [0.5, 0.6) is 0 Å². The van der Waals surface area contributed by atoms with E-state index in [9.17, 15) is 4.79 Å². The van der Waals surface area contributed by atoms with Gasteiger partial charge >= 0.3 is 0 Å². The topological polar surface area (TPSA) is 45.2 Å². The molecular weight excluding hydrogens is 354 g/mol. The lowest BCUT2D eigenvalue weighted by Gasteiger charge is -2.34. The molecule has 27 heavy (non-hydrogen) atoms. The molecule has 0 spiro atoms. The van der Waals surface area contributed by atoms with Crippen molar-refractivity contribution in [2.75, 3.05) is 13.1 Å². The Morgan fingerprint density at radius 1 is 1.15 bits per heavy atom. The molecule has 1 saturated heterocycles. The summed E-state index contributed by atoms with van der Waals surface area (Å²) in [5.74, 6) is 0.621. The Morgan fingerprint density at radius 3 is 2.59 bits per heavy atom. The molecule has 1 N–H and O–H groups in total. The van der Waals surface area contributed by atoms with Gasteiger partial charge < -0.3 is 5.32 Å². The van der Waals surface area contributed by atoms with Gasteiger partial charge in [-0.05, 0) is 50.6 Å². The number of hydrogen-bond acceptors (Lipinski definition) is 4. The van der Waals surface area contributed by atoms with E-state index in [1.54, 1.807) is 0 Å². The number of para-hydroxylation sites is 1. The number of aromatic nitrogens is 1. The molecule has 140 valence electrons. The van der Waals surface area contributed by atoms with Crippen LogP contribution in [0.1, 0.15) is 36.3 Å². The fourth-order valence-corrected chi connectivity index (χ4v) is 4.83. The molecule has 2 heterocycles. The van der Waals surface area contributed by atoms with Crippen LogP contribution in [0.15, 0.2) is 54.6 Å². The van der Waals surface area contributed by atoms with Crippen molar-refractivity contribution < 1.29 is 4.79 Å². The zero-order valence-electron chi connectivity index (χ0n) is 15.6. The fourth-order valence-electron chi connectivity index (χ4n) is 3.70. The average molecular weight is 380 g/mol. The summed E-state index contributed by atoms with van der Waals surface area (Å²) < 4.78 is 1.27. The van der Waals surface area contributed by atoms with Gasteiger partial charge in [0.1, 0.15) is 0 Å². The molecule has 4 rings (SSSR count). The van der Waals surface area contributed by atoms with E-state index in [1.165, 1.54) is 9.71 Å². The number of piperidine rings is 1. The molecule has 5 heteroatoms. The van der Waals surface area contributed by atoms with E-state index in [2.05, 4.69) is 28.4 Å². The second-order valence-electron chi connectivity index (χ2n) is 7.21. The summed E-state index contributed by atoms with van der Waals surface area (Å²) in [7, 11) is 0. The molecule has 1 aliphatic rings. The summed E-state index contributed by atoms with van der Waals surface area (Å²) >= 11 is 1.82. The van der Waals surface area contributed by atoms with Gasteiger partial charge in [0.2, 0.25) is 5.91 Å². The van der Waals surface area contributed by atoms with Crippen molar-refractivity contribution in [3.8, 4) is 0 Å². The normalized spacial score (nSPS) is 17.1. The molecular formula is C22H25N3OS. The van der Waals surface area contributed by atoms with Gasteiger partial charge in [0.15, 0.2) is 0 Å². The quantitative estimate of drug-likeness (QED) is 0.723. The number of benzene rings is 2. The lowest BCUT2D eigenvalue weighted by molar-refractivity contribution is -0.126. The van der Waals surface area contributed by atoms with Crippen molar-refractivity contribution in [1.82, 2.24) is 15.2 Å². The van der Waals surface area contributed by atoms with Crippen molar-refractivity contribution in [2.45, 2.75) is 38.3 Å². The van der Waals surface area contributed by atoms with Crippen LogP contribution in [0.3, 0.4) is 0 Å². The number of carbonyl (C=O) groups is 1. The molecule has 0 saturated carbocycles. The zero-order valence-corrected chi connectivity index (χ0v) is 16.4. The van der Waals surface area contributed by atoms with E-state index in [0.29, 0.717) is 12.5 Å². The number of carbonyl (C=O) groups excluding carboxylic acids is 1. The highest BCUT2D eigenvalue weighted by molar-refractivity contribution is 7.18. The molecule has 0 radical (unpaired) electrons. The van der Waals surface area contributed by atoms with Crippen LogP contribution < -0.4 is 5.32 Å². The van der Waals surface area contributed by atoms with Crippen LogP contribution in [-0.2, 0) is 11.3 Å². The second kappa shape index (κ2) is 8.19. The van der Waals surface area contributed by atoms with E-state index in [1.807, 2.05) is 54.7 Å². The van der Waals surface area contributed by atoms with Crippen molar-refractivity contribution in [3.05, 3.63) is 65.2 Å². The summed E-state index contributed by atoms with van der Waals surface area (Å²) in [4.78, 5) is 19.6. The zero-order chi connectivity index (χ0) is 18.6. The first-order chi connectivity index (χ1) is 13.2.